The SMILES string of the molecule is COCCN(CC(=O)O)C(C)Cc1ccccc1F. The zero-order valence-corrected chi connectivity index (χ0v) is 11.3. The fourth-order valence-corrected chi connectivity index (χ4v) is 1.95. The number of halogens is 1. The second kappa shape index (κ2) is 7.86. The van der Waals surface area contributed by atoms with Gasteiger partial charge in [-0.15, -0.1) is 0 Å². The van der Waals surface area contributed by atoms with E-state index < -0.39 is 5.97 Å². The monoisotopic (exact) mass is 269 g/mol. The Bertz CT molecular complexity index is 411. The number of nitrogens with zero attached hydrogens (tertiary/aromatic N) is 1. The summed E-state index contributed by atoms with van der Waals surface area (Å²) in [5, 5.41) is 8.90. The largest absolute Gasteiger partial charge is 0.480 e. The van der Waals surface area contributed by atoms with Crippen molar-refractivity contribution in [2.45, 2.75) is 19.4 Å². The maximum atomic E-state index is 13.6. The summed E-state index contributed by atoms with van der Waals surface area (Å²) >= 11 is 0. The molecule has 0 heterocycles. The lowest BCUT2D eigenvalue weighted by molar-refractivity contribution is -0.139. The van der Waals surface area contributed by atoms with Crippen LogP contribution in [-0.4, -0.2) is 48.8 Å². The number of carbonyl (C=O) groups is 1. The van der Waals surface area contributed by atoms with Gasteiger partial charge in [0, 0.05) is 19.7 Å². The predicted octanol–water partition coefficient (Wildman–Crippen LogP) is 1.79. The highest BCUT2D eigenvalue weighted by Gasteiger charge is 2.18. The van der Waals surface area contributed by atoms with Gasteiger partial charge >= 0.3 is 5.97 Å². The molecule has 0 fully saturated rings. The molecule has 4 nitrogen and oxygen atoms in total. The van der Waals surface area contributed by atoms with Gasteiger partial charge in [0.05, 0.1) is 13.2 Å². The van der Waals surface area contributed by atoms with Gasteiger partial charge in [0.2, 0.25) is 0 Å². The molecule has 1 unspecified atom stereocenters. The molecule has 1 rings (SSSR count). The molecular weight excluding hydrogens is 249 g/mol. The predicted molar refractivity (Wildman–Crippen MR) is 70.7 cm³/mol. The van der Waals surface area contributed by atoms with E-state index in [0.717, 1.165) is 0 Å². The molecular formula is C14H20FNO3. The van der Waals surface area contributed by atoms with Crippen LogP contribution in [0, 0.1) is 5.82 Å². The van der Waals surface area contributed by atoms with Crippen molar-refractivity contribution in [3.63, 3.8) is 0 Å². The smallest absolute Gasteiger partial charge is 0.317 e. The maximum Gasteiger partial charge on any atom is 0.317 e. The van der Waals surface area contributed by atoms with Crippen molar-refractivity contribution in [2.75, 3.05) is 26.8 Å². The molecule has 0 spiro atoms. The molecule has 0 aromatic heterocycles. The van der Waals surface area contributed by atoms with E-state index in [0.29, 0.717) is 25.1 Å². The number of aliphatic carboxylic acids is 1. The van der Waals surface area contributed by atoms with Crippen LogP contribution >= 0.6 is 0 Å². The summed E-state index contributed by atoms with van der Waals surface area (Å²) in [6, 6.07) is 6.49. The summed E-state index contributed by atoms with van der Waals surface area (Å²) in [6.45, 7) is 2.79. The van der Waals surface area contributed by atoms with Crippen LogP contribution in [-0.2, 0) is 16.0 Å². The second-order valence-corrected chi connectivity index (χ2v) is 4.50. The van der Waals surface area contributed by atoms with Crippen molar-refractivity contribution in [1.82, 2.24) is 4.90 Å². The summed E-state index contributed by atoms with van der Waals surface area (Å²) < 4.78 is 18.5. The summed E-state index contributed by atoms with van der Waals surface area (Å²) in [4.78, 5) is 12.6. The first-order valence-corrected chi connectivity index (χ1v) is 6.22. The Labute approximate surface area is 112 Å². The Kier molecular flexibility index (Phi) is 6.45. The van der Waals surface area contributed by atoms with E-state index >= 15 is 0 Å². The summed E-state index contributed by atoms with van der Waals surface area (Å²) in [6.07, 6.45) is 0.476. The van der Waals surface area contributed by atoms with Gasteiger partial charge in [0.25, 0.3) is 0 Å². The van der Waals surface area contributed by atoms with E-state index in [1.165, 1.54) is 6.07 Å². The van der Waals surface area contributed by atoms with Crippen LogP contribution in [0.3, 0.4) is 0 Å². The van der Waals surface area contributed by atoms with Crippen LogP contribution in [0.4, 0.5) is 4.39 Å². The van der Waals surface area contributed by atoms with E-state index in [1.807, 2.05) is 6.92 Å². The van der Waals surface area contributed by atoms with Crippen molar-refractivity contribution >= 4 is 5.97 Å². The van der Waals surface area contributed by atoms with Crippen molar-refractivity contribution in [2.24, 2.45) is 0 Å². The third-order valence-corrected chi connectivity index (χ3v) is 3.02. The van der Waals surface area contributed by atoms with Crippen LogP contribution in [0.5, 0.6) is 0 Å². The van der Waals surface area contributed by atoms with Crippen molar-refractivity contribution in [3.05, 3.63) is 35.6 Å². The lowest BCUT2D eigenvalue weighted by Gasteiger charge is -2.27. The van der Waals surface area contributed by atoms with Crippen LogP contribution < -0.4 is 0 Å². The quantitative estimate of drug-likeness (QED) is 0.781. The molecule has 106 valence electrons. The molecule has 5 heteroatoms. The Morgan fingerprint density at radius 1 is 1.47 bits per heavy atom. The molecule has 0 aliphatic carbocycles. The molecule has 0 bridgehead atoms. The molecule has 1 atom stereocenters. The third kappa shape index (κ3) is 5.36. The zero-order chi connectivity index (χ0) is 14.3. The molecule has 19 heavy (non-hydrogen) atoms. The van der Waals surface area contributed by atoms with Gasteiger partial charge in [0.1, 0.15) is 5.82 Å². The topological polar surface area (TPSA) is 49.8 Å². The molecule has 1 aromatic carbocycles. The van der Waals surface area contributed by atoms with Crippen molar-refractivity contribution in [1.29, 1.82) is 0 Å². The van der Waals surface area contributed by atoms with Gasteiger partial charge in [-0.1, -0.05) is 18.2 Å². The Balaban J connectivity index is 2.67. The molecule has 0 aliphatic rings. The minimum atomic E-state index is -0.892. The number of benzene rings is 1. The highest BCUT2D eigenvalue weighted by Crippen LogP contribution is 2.12. The minimum absolute atomic E-state index is 0.0665. The molecule has 0 amide bonds. The number of methoxy groups -OCH3 is 1. The number of rotatable bonds is 8. The van der Waals surface area contributed by atoms with Gasteiger partial charge in [0.15, 0.2) is 0 Å². The van der Waals surface area contributed by atoms with Crippen molar-refractivity contribution < 1.29 is 19.0 Å². The standard InChI is InChI=1S/C14H20FNO3/c1-11(9-12-5-3-4-6-13(12)15)16(7-8-19-2)10-14(17)18/h3-6,11H,7-10H2,1-2H3,(H,17,18). The first-order valence-electron chi connectivity index (χ1n) is 6.22. The van der Waals surface area contributed by atoms with Gasteiger partial charge < -0.3 is 9.84 Å². The Morgan fingerprint density at radius 3 is 2.74 bits per heavy atom. The molecule has 0 saturated carbocycles. The van der Waals surface area contributed by atoms with Gasteiger partial charge in [-0.05, 0) is 25.0 Å². The summed E-state index contributed by atoms with van der Waals surface area (Å²) in [5.74, 6) is -1.15. The molecule has 0 aliphatic heterocycles. The van der Waals surface area contributed by atoms with Crippen LogP contribution in [0.1, 0.15) is 12.5 Å². The van der Waals surface area contributed by atoms with E-state index in [2.05, 4.69) is 0 Å². The first-order chi connectivity index (χ1) is 9.04. The Hall–Kier alpha value is -1.46. The average molecular weight is 269 g/mol. The normalized spacial score (nSPS) is 12.6. The van der Waals surface area contributed by atoms with E-state index in [-0.39, 0.29) is 18.4 Å². The lowest BCUT2D eigenvalue weighted by atomic mass is 10.1. The van der Waals surface area contributed by atoms with Crippen LogP contribution in [0.2, 0.25) is 0 Å². The maximum absolute atomic E-state index is 13.6. The summed E-state index contributed by atoms with van der Waals surface area (Å²) in [5.41, 5.74) is 0.600. The van der Waals surface area contributed by atoms with E-state index in [9.17, 15) is 9.18 Å². The number of ether oxygens (including phenoxy) is 1. The number of hydrogen-bond donors (Lipinski definition) is 1. The number of hydrogen-bond acceptors (Lipinski definition) is 3. The second-order valence-electron chi connectivity index (χ2n) is 4.50. The van der Waals surface area contributed by atoms with Gasteiger partial charge in [-0.3, -0.25) is 9.69 Å². The first kappa shape index (κ1) is 15.6. The van der Waals surface area contributed by atoms with E-state index in [1.54, 1.807) is 30.2 Å². The highest BCUT2D eigenvalue weighted by atomic mass is 19.1. The van der Waals surface area contributed by atoms with E-state index in [4.69, 9.17) is 9.84 Å². The Morgan fingerprint density at radius 2 is 2.16 bits per heavy atom. The number of carboxylic acid groups (broad SMARTS) is 1. The highest BCUT2D eigenvalue weighted by molar-refractivity contribution is 5.69. The fraction of sp³-hybridized carbons (Fsp3) is 0.500. The number of carboxylic acids is 1. The van der Waals surface area contributed by atoms with Crippen LogP contribution in [0.25, 0.3) is 0 Å². The van der Waals surface area contributed by atoms with Gasteiger partial charge in [-0.25, -0.2) is 4.39 Å². The molecule has 1 aromatic rings. The average Bonchev–Trinajstić information content (AvgIpc) is 2.36. The van der Waals surface area contributed by atoms with Crippen molar-refractivity contribution in [3.8, 4) is 0 Å². The molecule has 0 radical (unpaired) electrons. The molecule has 1 N–H and O–H groups in total. The van der Waals surface area contributed by atoms with Crippen LogP contribution in [0.15, 0.2) is 24.3 Å². The third-order valence-electron chi connectivity index (χ3n) is 3.02. The summed E-state index contributed by atoms with van der Waals surface area (Å²) in [7, 11) is 1.57. The fourth-order valence-electron chi connectivity index (χ4n) is 1.95. The minimum Gasteiger partial charge on any atom is -0.480 e. The molecule has 0 saturated heterocycles. The zero-order valence-electron chi connectivity index (χ0n) is 11.3. The van der Waals surface area contributed by atoms with Gasteiger partial charge in [-0.2, -0.15) is 0 Å². The lowest BCUT2D eigenvalue weighted by Crippen LogP contribution is -2.40.